The molecule has 3 heterocycles. The summed E-state index contributed by atoms with van der Waals surface area (Å²) in [7, 11) is 1.50. The molecule has 0 fully saturated rings. The zero-order chi connectivity index (χ0) is 31.9. The van der Waals surface area contributed by atoms with Gasteiger partial charge in [0.15, 0.2) is 17.8 Å². The van der Waals surface area contributed by atoms with E-state index in [1.165, 1.54) is 54.9 Å². The summed E-state index contributed by atoms with van der Waals surface area (Å²) in [5.41, 5.74) is 18.6. The monoisotopic (exact) mass is 602 g/mol. The Bertz CT molecular complexity index is 2010. The van der Waals surface area contributed by atoms with Gasteiger partial charge in [-0.25, -0.2) is 19.3 Å². The van der Waals surface area contributed by atoms with Gasteiger partial charge in [0.1, 0.15) is 29.2 Å². The number of rotatable bonds is 5. The SMILES string of the molecule is CN.Nc1ncccc1-c1nc2ccc(-c3cccc(F)c3)nc2n1-c1ccc2c(c1)CCC2.O=Cc1ccc(O)c(C=O)c1. The quantitative estimate of drug-likeness (QED) is 0.205. The molecule has 1 aliphatic rings. The number of phenols is 1. The van der Waals surface area contributed by atoms with Gasteiger partial charge in [0, 0.05) is 23.0 Å². The number of nitrogens with zero attached hydrogens (tertiary/aromatic N) is 4. The summed E-state index contributed by atoms with van der Waals surface area (Å²) >= 11 is 0. The maximum Gasteiger partial charge on any atom is 0.165 e. The minimum absolute atomic E-state index is 0.106. The number of nitrogen functional groups attached to an aromatic ring is 1. The molecular weight excluding hydrogens is 571 g/mol. The van der Waals surface area contributed by atoms with E-state index in [4.69, 9.17) is 20.8 Å². The fraction of sp³-hybridized carbons (Fsp3) is 0.114. The summed E-state index contributed by atoms with van der Waals surface area (Å²) in [4.78, 5) is 34.4. The average Bonchev–Trinajstić information content (AvgIpc) is 3.70. The Labute approximate surface area is 259 Å². The normalized spacial score (nSPS) is 11.5. The van der Waals surface area contributed by atoms with Gasteiger partial charge in [0.2, 0.25) is 0 Å². The lowest BCUT2D eigenvalue weighted by Crippen LogP contribution is -2.03. The molecule has 45 heavy (non-hydrogen) atoms. The highest BCUT2D eigenvalue weighted by atomic mass is 19.1. The van der Waals surface area contributed by atoms with E-state index in [0.29, 0.717) is 41.1 Å². The molecule has 10 heteroatoms. The third-order valence-corrected chi connectivity index (χ3v) is 7.36. The van der Waals surface area contributed by atoms with Gasteiger partial charge in [-0.2, -0.15) is 0 Å². The Morgan fingerprint density at radius 1 is 0.867 bits per heavy atom. The number of hydrogen-bond donors (Lipinski definition) is 3. The summed E-state index contributed by atoms with van der Waals surface area (Å²) in [6.45, 7) is 0. The molecule has 0 atom stereocenters. The minimum atomic E-state index is -0.291. The molecule has 6 aromatic rings. The van der Waals surface area contributed by atoms with Crippen LogP contribution in [0.15, 0.2) is 91.1 Å². The van der Waals surface area contributed by atoms with E-state index < -0.39 is 0 Å². The van der Waals surface area contributed by atoms with Gasteiger partial charge < -0.3 is 16.6 Å². The molecule has 1 aliphatic carbocycles. The van der Waals surface area contributed by atoms with E-state index >= 15 is 0 Å². The second kappa shape index (κ2) is 13.7. The molecule has 0 spiro atoms. The van der Waals surface area contributed by atoms with E-state index in [0.717, 1.165) is 35.2 Å². The number of carbonyl (C=O) groups excluding carboxylic acids is 2. The van der Waals surface area contributed by atoms with Crippen molar-refractivity contribution in [2.24, 2.45) is 5.73 Å². The van der Waals surface area contributed by atoms with Gasteiger partial charge in [-0.15, -0.1) is 0 Å². The van der Waals surface area contributed by atoms with Crippen molar-refractivity contribution in [2.45, 2.75) is 19.3 Å². The molecule has 3 aromatic heterocycles. The predicted molar refractivity (Wildman–Crippen MR) is 173 cm³/mol. The van der Waals surface area contributed by atoms with Crippen LogP contribution < -0.4 is 11.5 Å². The molecule has 226 valence electrons. The predicted octanol–water partition coefficient (Wildman–Crippen LogP) is 5.95. The first-order valence-electron chi connectivity index (χ1n) is 14.2. The number of nitrogens with two attached hydrogens (primary N) is 2. The average molecular weight is 603 g/mol. The first kappa shape index (κ1) is 30.7. The van der Waals surface area contributed by atoms with Gasteiger partial charge in [0.25, 0.3) is 0 Å². The van der Waals surface area contributed by atoms with Crippen molar-refractivity contribution < 1.29 is 19.1 Å². The number of carbonyl (C=O) groups is 2. The van der Waals surface area contributed by atoms with Crippen molar-refractivity contribution in [3.63, 3.8) is 0 Å². The topological polar surface area (TPSA) is 150 Å². The second-order valence-electron chi connectivity index (χ2n) is 10.1. The van der Waals surface area contributed by atoms with Crippen molar-refractivity contribution in [3.05, 3.63) is 119 Å². The standard InChI is InChI=1S/C26H20FN5.C8H6O3.CH5N/c27-19-7-2-6-18(14-19)22-11-12-23-26(30-22)32(20-10-9-16-4-1-5-17(16)15-20)25(31-23)21-8-3-13-29-24(21)28;9-4-6-1-2-8(11)7(3-6)5-10;1-2/h2-3,6-15H,1,4-5H2,(H2,28,29);1-5,11H;2H2,1H3. The summed E-state index contributed by atoms with van der Waals surface area (Å²) in [6.07, 6.45) is 6.15. The highest BCUT2D eigenvalue weighted by molar-refractivity contribution is 5.85. The molecule has 0 saturated carbocycles. The molecule has 0 aliphatic heterocycles. The fourth-order valence-corrected chi connectivity index (χ4v) is 5.24. The van der Waals surface area contributed by atoms with Gasteiger partial charge in [-0.05, 0) is 104 Å². The van der Waals surface area contributed by atoms with Crippen LogP contribution in [0.2, 0.25) is 0 Å². The van der Waals surface area contributed by atoms with Crippen LogP contribution in [0.5, 0.6) is 5.75 Å². The molecule has 7 rings (SSSR count). The van der Waals surface area contributed by atoms with Crippen LogP contribution >= 0.6 is 0 Å². The number of benzene rings is 3. The van der Waals surface area contributed by atoms with Gasteiger partial charge in [-0.1, -0.05) is 18.2 Å². The Morgan fingerprint density at radius 2 is 1.69 bits per heavy atom. The van der Waals surface area contributed by atoms with Crippen LogP contribution in [-0.4, -0.2) is 44.2 Å². The third kappa shape index (κ3) is 6.46. The number of fused-ring (bicyclic) bond motifs is 2. The molecule has 9 nitrogen and oxygen atoms in total. The number of anilines is 1. The second-order valence-corrected chi connectivity index (χ2v) is 10.1. The van der Waals surface area contributed by atoms with Crippen LogP contribution in [0, 0.1) is 5.82 Å². The zero-order valence-electron chi connectivity index (χ0n) is 24.5. The van der Waals surface area contributed by atoms with Crippen molar-refractivity contribution in [1.82, 2.24) is 19.5 Å². The number of hydrogen-bond acceptors (Lipinski definition) is 8. The minimum Gasteiger partial charge on any atom is -0.507 e. The Hall–Kier alpha value is -5.74. The van der Waals surface area contributed by atoms with Crippen molar-refractivity contribution in [3.8, 4) is 34.1 Å². The molecule has 0 amide bonds. The summed E-state index contributed by atoms with van der Waals surface area (Å²) in [5.74, 6) is 0.703. The smallest absolute Gasteiger partial charge is 0.165 e. The maximum absolute atomic E-state index is 13.8. The van der Waals surface area contributed by atoms with Crippen molar-refractivity contribution in [2.75, 3.05) is 12.8 Å². The summed E-state index contributed by atoms with van der Waals surface area (Å²) in [5, 5.41) is 8.98. The van der Waals surface area contributed by atoms with Crippen LogP contribution in [0.1, 0.15) is 38.3 Å². The number of aldehydes is 2. The number of aromatic nitrogens is 4. The lowest BCUT2D eigenvalue weighted by Gasteiger charge is -2.12. The van der Waals surface area contributed by atoms with Crippen LogP contribution in [0.4, 0.5) is 10.2 Å². The molecule has 5 N–H and O–H groups in total. The van der Waals surface area contributed by atoms with Gasteiger partial charge in [-0.3, -0.25) is 14.2 Å². The largest absolute Gasteiger partial charge is 0.507 e. The lowest BCUT2D eigenvalue weighted by molar-refractivity contribution is 0.112. The summed E-state index contributed by atoms with van der Waals surface area (Å²) in [6, 6.07) is 24.6. The number of aryl methyl sites for hydroxylation is 2. The first-order chi connectivity index (χ1) is 21.9. The molecule has 0 unspecified atom stereocenters. The number of halogens is 1. The number of phenolic OH excluding ortho intramolecular Hbond substituents is 1. The molecule has 0 radical (unpaired) electrons. The molecule has 3 aromatic carbocycles. The highest BCUT2D eigenvalue weighted by Crippen LogP contribution is 2.33. The number of pyridine rings is 2. The van der Waals surface area contributed by atoms with Crippen LogP contribution in [0.25, 0.3) is 39.5 Å². The Balaban J connectivity index is 0.000000261. The first-order valence-corrected chi connectivity index (χ1v) is 14.2. The van der Waals surface area contributed by atoms with Crippen molar-refractivity contribution in [1.29, 1.82) is 0 Å². The third-order valence-electron chi connectivity index (χ3n) is 7.36. The van der Waals surface area contributed by atoms with Gasteiger partial charge in [0.05, 0.1) is 16.8 Å². The van der Waals surface area contributed by atoms with Crippen LogP contribution in [0.3, 0.4) is 0 Å². The number of imidazole rings is 1. The number of aromatic hydroxyl groups is 1. The van der Waals surface area contributed by atoms with E-state index in [1.807, 2.05) is 34.9 Å². The Kier molecular flexibility index (Phi) is 9.35. The van der Waals surface area contributed by atoms with E-state index in [-0.39, 0.29) is 17.1 Å². The van der Waals surface area contributed by atoms with Gasteiger partial charge >= 0.3 is 0 Å². The van der Waals surface area contributed by atoms with Crippen LogP contribution in [-0.2, 0) is 12.8 Å². The lowest BCUT2D eigenvalue weighted by atomic mass is 10.1. The highest BCUT2D eigenvalue weighted by Gasteiger charge is 2.20. The van der Waals surface area contributed by atoms with E-state index in [1.54, 1.807) is 12.3 Å². The van der Waals surface area contributed by atoms with E-state index in [9.17, 15) is 14.0 Å². The molecule has 0 saturated heterocycles. The van der Waals surface area contributed by atoms with Crippen molar-refractivity contribution >= 4 is 29.6 Å². The fourth-order valence-electron chi connectivity index (χ4n) is 5.24. The molecule has 0 bridgehead atoms. The Morgan fingerprint density at radius 3 is 2.44 bits per heavy atom. The summed E-state index contributed by atoms with van der Waals surface area (Å²) < 4.78 is 15.9. The maximum atomic E-state index is 13.8. The van der Waals surface area contributed by atoms with E-state index in [2.05, 4.69) is 28.9 Å². The zero-order valence-corrected chi connectivity index (χ0v) is 24.5. The molecular formula is C35H31FN6O3.